The van der Waals surface area contributed by atoms with Gasteiger partial charge in [-0.3, -0.25) is 4.79 Å². The molecule has 2 heterocycles. The van der Waals surface area contributed by atoms with Gasteiger partial charge in [-0.05, 0) is 50.6 Å². The number of nitrogens with zero attached hydrogens (tertiary/aromatic N) is 4. The van der Waals surface area contributed by atoms with Gasteiger partial charge in [0.25, 0.3) is 0 Å². The smallest absolute Gasteiger partial charge is 0.230 e. The molecule has 1 fully saturated rings. The van der Waals surface area contributed by atoms with Crippen molar-refractivity contribution in [3.8, 4) is 11.4 Å². The Hall–Kier alpha value is -1.57. The molecule has 0 bridgehead atoms. The Bertz CT molecular complexity index is 756. The van der Waals surface area contributed by atoms with Gasteiger partial charge in [0.05, 0.1) is 5.75 Å². The fraction of sp³-hybridized carbons (Fsp3) is 0.526. The summed E-state index contributed by atoms with van der Waals surface area (Å²) in [5.74, 6) is 1.21. The predicted octanol–water partition coefficient (Wildman–Crippen LogP) is 3.31. The quantitative estimate of drug-likeness (QED) is 0.713. The minimum Gasteiger partial charge on any atom is -0.353 e. The van der Waals surface area contributed by atoms with Crippen LogP contribution in [0.15, 0.2) is 29.4 Å². The maximum atomic E-state index is 12.3. The molecule has 0 spiro atoms. The summed E-state index contributed by atoms with van der Waals surface area (Å²) in [6.07, 6.45) is 2.05. The third-order valence-corrected chi connectivity index (χ3v) is 6.09. The lowest BCUT2D eigenvalue weighted by atomic mass is 10.1. The third kappa shape index (κ3) is 5.24. The van der Waals surface area contributed by atoms with E-state index in [1.807, 2.05) is 28.8 Å². The number of piperidine rings is 1. The number of aromatic nitrogens is 3. The number of carbonyl (C=O) groups is 1. The Balaban J connectivity index is 1.56. The highest BCUT2D eigenvalue weighted by atomic mass is 35.5. The Kier molecular flexibility index (Phi) is 7.15. The molecule has 1 aliphatic heterocycles. The Morgan fingerprint density at radius 1 is 1.19 bits per heavy atom. The van der Waals surface area contributed by atoms with Crippen LogP contribution >= 0.6 is 23.4 Å². The van der Waals surface area contributed by atoms with E-state index in [1.165, 1.54) is 11.8 Å². The normalized spacial score (nSPS) is 15.8. The van der Waals surface area contributed by atoms with Crippen molar-refractivity contribution in [2.45, 2.75) is 44.4 Å². The average Bonchev–Trinajstić information content (AvgIpc) is 3.10. The van der Waals surface area contributed by atoms with Gasteiger partial charge in [0, 0.05) is 36.3 Å². The lowest BCUT2D eigenvalue weighted by molar-refractivity contribution is -0.119. The first-order valence-electron chi connectivity index (χ1n) is 9.44. The zero-order valence-corrected chi connectivity index (χ0v) is 17.4. The molecule has 1 amide bonds. The largest absolute Gasteiger partial charge is 0.353 e. The topological polar surface area (TPSA) is 63.1 Å². The first-order valence-corrected chi connectivity index (χ1v) is 10.8. The summed E-state index contributed by atoms with van der Waals surface area (Å²) < 4.78 is 2.03. The minimum absolute atomic E-state index is 0.0636. The van der Waals surface area contributed by atoms with Crippen molar-refractivity contribution >= 4 is 29.3 Å². The molecule has 1 aliphatic rings. The molecule has 1 saturated heterocycles. The number of carbonyl (C=O) groups excluding carboxylic acids is 1. The van der Waals surface area contributed by atoms with E-state index in [4.69, 9.17) is 11.6 Å². The van der Waals surface area contributed by atoms with E-state index in [0.29, 0.717) is 10.8 Å². The molecular weight excluding hydrogens is 382 g/mol. The lowest BCUT2D eigenvalue weighted by Gasteiger charge is -2.31. The lowest BCUT2D eigenvalue weighted by Crippen LogP contribution is -2.45. The molecule has 1 N–H and O–H groups in total. The standard InChI is InChI=1S/C19H26ClN5OS/c1-3-24-11-9-16(10-12-24)21-17(26)13-27-19-23-22-18(25(19)4-2)14-5-7-15(20)8-6-14/h5-8,16H,3-4,9-13H2,1-2H3,(H,21,26). The number of amides is 1. The Morgan fingerprint density at radius 2 is 1.89 bits per heavy atom. The molecule has 6 nitrogen and oxygen atoms in total. The Morgan fingerprint density at radius 3 is 2.52 bits per heavy atom. The molecule has 0 atom stereocenters. The van der Waals surface area contributed by atoms with Crippen molar-refractivity contribution < 1.29 is 4.79 Å². The highest BCUT2D eigenvalue weighted by molar-refractivity contribution is 7.99. The van der Waals surface area contributed by atoms with E-state index >= 15 is 0 Å². The van der Waals surface area contributed by atoms with Crippen LogP contribution in [0, 0.1) is 0 Å². The first kappa shape index (κ1) is 20.2. The van der Waals surface area contributed by atoms with Crippen LogP contribution in [-0.4, -0.2) is 57.0 Å². The van der Waals surface area contributed by atoms with E-state index in [2.05, 4.69) is 34.3 Å². The molecule has 0 saturated carbocycles. The van der Waals surface area contributed by atoms with Crippen LogP contribution in [-0.2, 0) is 11.3 Å². The minimum atomic E-state index is 0.0636. The van der Waals surface area contributed by atoms with Crippen molar-refractivity contribution in [3.05, 3.63) is 29.3 Å². The van der Waals surface area contributed by atoms with Gasteiger partial charge in [0.2, 0.25) is 5.91 Å². The van der Waals surface area contributed by atoms with Crippen LogP contribution in [0.4, 0.5) is 0 Å². The van der Waals surface area contributed by atoms with Crippen molar-refractivity contribution in [1.82, 2.24) is 25.0 Å². The second-order valence-electron chi connectivity index (χ2n) is 6.62. The molecule has 0 radical (unpaired) electrons. The number of halogens is 1. The molecule has 146 valence electrons. The van der Waals surface area contributed by atoms with Crippen LogP contribution in [0.5, 0.6) is 0 Å². The molecule has 0 unspecified atom stereocenters. The molecule has 8 heteroatoms. The van der Waals surface area contributed by atoms with Gasteiger partial charge in [0.1, 0.15) is 0 Å². The third-order valence-electron chi connectivity index (χ3n) is 4.87. The summed E-state index contributed by atoms with van der Waals surface area (Å²) in [5.41, 5.74) is 0.965. The van der Waals surface area contributed by atoms with Crippen molar-refractivity contribution in [1.29, 1.82) is 0 Å². The number of thioether (sulfide) groups is 1. The van der Waals surface area contributed by atoms with E-state index in [-0.39, 0.29) is 11.9 Å². The number of benzene rings is 1. The van der Waals surface area contributed by atoms with Gasteiger partial charge in [-0.1, -0.05) is 30.3 Å². The Labute approximate surface area is 169 Å². The van der Waals surface area contributed by atoms with Gasteiger partial charge in [-0.25, -0.2) is 0 Å². The summed E-state index contributed by atoms with van der Waals surface area (Å²) in [6, 6.07) is 7.84. The summed E-state index contributed by atoms with van der Waals surface area (Å²) in [6.45, 7) is 8.17. The fourth-order valence-electron chi connectivity index (χ4n) is 3.29. The van der Waals surface area contributed by atoms with Crippen LogP contribution in [0.25, 0.3) is 11.4 Å². The molecular formula is C19H26ClN5OS. The molecule has 27 heavy (non-hydrogen) atoms. The maximum Gasteiger partial charge on any atom is 0.230 e. The molecule has 2 aromatic rings. The monoisotopic (exact) mass is 407 g/mol. The first-order chi connectivity index (χ1) is 13.1. The summed E-state index contributed by atoms with van der Waals surface area (Å²) in [4.78, 5) is 14.7. The van der Waals surface area contributed by atoms with E-state index < -0.39 is 0 Å². The summed E-state index contributed by atoms with van der Waals surface area (Å²) in [5, 5.41) is 13.2. The molecule has 1 aromatic carbocycles. The van der Waals surface area contributed by atoms with Gasteiger partial charge in [-0.2, -0.15) is 0 Å². The fourth-order valence-corrected chi connectivity index (χ4v) is 4.23. The van der Waals surface area contributed by atoms with Gasteiger partial charge >= 0.3 is 0 Å². The molecule has 0 aliphatic carbocycles. The van der Waals surface area contributed by atoms with Gasteiger partial charge in [-0.15, -0.1) is 10.2 Å². The van der Waals surface area contributed by atoms with Crippen molar-refractivity contribution in [2.75, 3.05) is 25.4 Å². The van der Waals surface area contributed by atoms with E-state index in [0.717, 1.165) is 55.6 Å². The summed E-state index contributed by atoms with van der Waals surface area (Å²) in [7, 11) is 0. The molecule has 3 rings (SSSR count). The van der Waals surface area contributed by atoms with E-state index in [9.17, 15) is 4.79 Å². The number of nitrogens with one attached hydrogen (secondary N) is 1. The number of hydrogen-bond donors (Lipinski definition) is 1. The van der Waals surface area contributed by atoms with Crippen molar-refractivity contribution in [3.63, 3.8) is 0 Å². The van der Waals surface area contributed by atoms with Crippen molar-refractivity contribution in [2.24, 2.45) is 0 Å². The highest BCUT2D eigenvalue weighted by Crippen LogP contribution is 2.25. The van der Waals surface area contributed by atoms with Crippen LogP contribution < -0.4 is 5.32 Å². The highest BCUT2D eigenvalue weighted by Gasteiger charge is 2.20. The van der Waals surface area contributed by atoms with E-state index in [1.54, 1.807) is 0 Å². The SMILES string of the molecule is CCN1CCC(NC(=O)CSc2nnc(-c3ccc(Cl)cc3)n2CC)CC1. The van der Waals surface area contributed by atoms with Gasteiger partial charge in [0.15, 0.2) is 11.0 Å². The number of rotatable bonds is 7. The zero-order chi connectivity index (χ0) is 19.2. The molecule has 1 aromatic heterocycles. The number of hydrogen-bond acceptors (Lipinski definition) is 5. The number of likely N-dealkylation sites (tertiary alicyclic amines) is 1. The second kappa shape index (κ2) is 9.57. The summed E-state index contributed by atoms with van der Waals surface area (Å²) >= 11 is 7.40. The van der Waals surface area contributed by atoms with Gasteiger partial charge < -0.3 is 14.8 Å². The van der Waals surface area contributed by atoms with Crippen LogP contribution in [0.2, 0.25) is 5.02 Å². The maximum absolute atomic E-state index is 12.3. The zero-order valence-electron chi connectivity index (χ0n) is 15.8. The van der Waals surface area contributed by atoms with Crippen LogP contribution in [0.3, 0.4) is 0 Å². The second-order valence-corrected chi connectivity index (χ2v) is 8.00. The average molecular weight is 408 g/mol. The van der Waals surface area contributed by atoms with Crippen LogP contribution in [0.1, 0.15) is 26.7 Å². The predicted molar refractivity (Wildman–Crippen MR) is 110 cm³/mol.